The van der Waals surface area contributed by atoms with Crippen LogP contribution >= 0.6 is 0 Å². The quantitative estimate of drug-likeness (QED) is 0.735. The molecule has 2 fully saturated rings. The fourth-order valence-electron chi connectivity index (χ4n) is 2.84. The molecule has 17 heavy (non-hydrogen) atoms. The van der Waals surface area contributed by atoms with E-state index in [1.807, 2.05) is 0 Å². The number of hydrogen-bond acceptors (Lipinski definition) is 2. The minimum atomic E-state index is 0.106. The van der Waals surface area contributed by atoms with E-state index < -0.39 is 0 Å². The molecular weight excluding hydrogens is 212 g/mol. The second-order valence-electron chi connectivity index (χ2n) is 6.88. The third-order valence-electron chi connectivity index (χ3n) is 3.99. The average Bonchev–Trinajstić information content (AvgIpc) is 2.95. The van der Waals surface area contributed by atoms with Crippen molar-refractivity contribution in [3.05, 3.63) is 0 Å². The van der Waals surface area contributed by atoms with Crippen molar-refractivity contribution in [1.29, 1.82) is 0 Å². The topological polar surface area (TPSA) is 23.6 Å². The molecule has 1 spiro atoms. The standard InChI is InChI=1S/C14H26N2O/c1-5-15-8-9-16(14(11-15)6-7-14)12(17)10-13(2,3)4/h5-11H2,1-4H3. The van der Waals surface area contributed by atoms with Crippen LogP contribution in [-0.4, -0.2) is 47.4 Å². The first-order valence-corrected chi connectivity index (χ1v) is 6.89. The third-order valence-corrected chi connectivity index (χ3v) is 3.99. The molecule has 1 aliphatic heterocycles. The molecule has 0 aromatic heterocycles. The molecule has 3 nitrogen and oxygen atoms in total. The van der Waals surface area contributed by atoms with Crippen LogP contribution < -0.4 is 0 Å². The number of carbonyl (C=O) groups excluding carboxylic acids is 1. The first-order valence-electron chi connectivity index (χ1n) is 6.89. The van der Waals surface area contributed by atoms with Gasteiger partial charge in [-0.25, -0.2) is 0 Å². The molecule has 1 saturated carbocycles. The lowest BCUT2D eigenvalue weighted by atomic mass is 9.91. The SMILES string of the molecule is CCN1CCN(C(=O)CC(C)(C)C)C2(CC2)C1. The van der Waals surface area contributed by atoms with Gasteiger partial charge in [-0.3, -0.25) is 9.69 Å². The molecule has 2 rings (SSSR count). The Balaban J connectivity index is 2.00. The Kier molecular flexibility index (Phi) is 3.23. The Morgan fingerprint density at radius 1 is 1.24 bits per heavy atom. The van der Waals surface area contributed by atoms with Crippen molar-refractivity contribution in [3.8, 4) is 0 Å². The van der Waals surface area contributed by atoms with Gasteiger partial charge < -0.3 is 4.90 Å². The third kappa shape index (κ3) is 2.82. The summed E-state index contributed by atoms with van der Waals surface area (Å²) in [5.74, 6) is 0.366. The van der Waals surface area contributed by atoms with Crippen molar-refractivity contribution in [2.24, 2.45) is 5.41 Å². The van der Waals surface area contributed by atoms with Gasteiger partial charge >= 0.3 is 0 Å². The fourth-order valence-corrected chi connectivity index (χ4v) is 2.84. The molecule has 0 N–H and O–H groups in total. The maximum absolute atomic E-state index is 12.4. The second-order valence-corrected chi connectivity index (χ2v) is 6.88. The molecule has 0 radical (unpaired) electrons. The van der Waals surface area contributed by atoms with Crippen molar-refractivity contribution in [3.63, 3.8) is 0 Å². The molecule has 1 heterocycles. The summed E-state index contributed by atoms with van der Waals surface area (Å²) >= 11 is 0. The zero-order chi connectivity index (χ0) is 12.7. The highest BCUT2D eigenvalue weighted by Crippen LogP contribution is 2.45. The summed E-state index contributed by atoms with van der Waals surface area (Å²) < 4.78 is 0. The highest BCUT2D eigenvalue weighted by Gasteiger charge is 2.52. The molecule has 0 aromatic rings. The van der Waals surface area contributed by atoms with Crippen molar-refractivity contribution in [1.82, 2.24) is 9.80 Å². The Morgan fingerprint density at radius 3 is 2.35 bits per heavy atom. The van der Waals surface area contributed by atoms with Crippen LogP contribution in [-0.2, 0) is 4.79 Å². The minimum Gasteiger partial charge on any atom is -0.334 e. The van der Waals surface area contributed by atoms with E-state index >= 15 is 0 Å². The molecule has 3 heteroatoms. The smallest absolute Gasteiger partial charge is 0.223 e. The van der Waals surface area contributed by atoms with E-state index in [9.17, 15) is 4.79 Å². The van der Waals surface area contributed by atoms with Gasteiger partial charge in [0.25, 0.3) is 0 Å². The summed E-state index contributed by atoms with van der Waals surface area (Å²) in [5.41, 5.74) is 0.325. The van der Waals surface area contributed by atoms with E-state index in [0.717, 1.165) is 26.2 Å². The Labute approximate surface area is 105 Å². The van der Waals surface area contributed by atoms with E-state index in [4.69, 9.17) is 0 Å². The monoisotopic (exact) mass is 238 g/mol. The first-order chi connectivity index (χ1) is 7.86. The van der Waals surface area contributed by atoms with Crippen LogP contribution in [0.4, 0.5) is 0 Å². The van der Waals surface area contributed by atoms with E-state index in [-0.39, 0.29) is 11.0 Å². The molecule has 1 aliphatic carbocycles. The van der Waals surface area contributed by atoms with Gasteiger partial charge in [0.2, 0.25) is 5.91 Å². The molecule has 0 atom stereocenters. The van der Waals surface area contributed by atoms with E-state index in [2.05, 4.69) is 37.5 Å². The fraction of sp³-hybridized carbons (Fsp3) is 0.929. The number of carbonyl (C=O) groups is 1. The van der Waals surface area contributed by atoms with Gasteiger partial charge in [-0.1, -0.05) is 27.7 Å². The van der Waals surface area contributed by atoms with Crippen molar-refractivity contribution >= 4 is 5.91 Å². The summed E-state index contributed by atoms with van der Waals surface area (Å²) in [5, 5.41) is 0. The summed E-state index contributed by atoms with van der Waals surface area (Å²) in [4.78, 5) is 17.0. The lowest BCUT2D eigenvalue weighted by molar-refractivity contribution is -0.139. The number of amides is 1. The largest absolute Gasteiger partial charge is 0.334 e. The molecule has 0 aromatic carbocycles. The Morgan fingerprint density at radius 2 is 1.88 bits per heavy atom. The first kappa shape index (κ1) is 12.9. The predicted octanol–water partition coefficient (Wildman–Crippen LogP) is 2.12. The van der Waals surface area contributed by atoms with Gasteiger partial charge in [0.05, 0.1) is 5.54 Å². The highest BCUT2D eigenvalue weighted by atomic mass is 16.2. The number of piperazine rings is 1. The Bertz CT molecular complexity index is 302. The van der Waals surface area contributed by atoms with Gasteiger partial charge in [0, 0.05) is 26.1 Å². The highest BCUT2D eigenvalue weighted by molar-refractivity contribution is 5.78. The summed E-state index contributed by atoms with van der Waals surface area (Å²) in [6.07, 6.45) is 3.10. The van der Waals surface area contributed by atoms with Crippen molar-refractivity contribution < 1.29 is 4.79 Å². The average molecular weight is 238 g/mol. The van der Waals surface area contributed by atoms with Crippen LogP contribution in [0.5, 0.6) is 0 Å². The number of hydrogen-bond donors (Lipinski definition) is 0. The van der Waals surface area contributed by atoms with Gasteiger partial charge in [-0.15, -0.1) is 0 Å². The second kappa shape index (κ2) is 4.27. The molecule has 1 amide bonds. The number of rotatable bonds is 2. The van der Waals surface area contributed by atoms with Crippen LogP contribution in [0.1, 0.15) is 47.0 Å². The summed E-state index contributed by atoms with van der Waals surface area (Å²) in [7, 11) is 0. The number of nitrogens with zero attached hydrogens (tertiary/aromatic N) is 2. The molecule has 98 valence electrons. The molecule has 1 saturated heterocycles. The van der Waals surface area contributed by atoms with Crippen LogP contribution in [0, 0.1) is 5.41 Å². The van der Waals surface area contributed by atoms with E-state index in [1.165, 1.54) is 12.8 Å². The molecule has 0 unspecified atom stereocenters. The van der Waals surface area contributed by atoms with E-state index in [1.54, 1.807) is 0 Å². The molecule has 2 aliphatic rings. The van der Waals surface area contributed by atoms with Crippen LogP contribution in [0.15, 0.2) is 0 Å². The van der Waals surface area contributed by atoms with Gasteiger partial charge in [0.15, 0.2) is 0 Å². The van der Waals surface area contributed by atoms with Crippen molar-refractivity contribution in [2.75, 3.05) is 26.2 Å². The van der Waals surface area contributed by atoms with Gasteiger partial charge in [0.1, 0.15) is 0 Å². The van der Waals surface area contributed by atoms with E-state index in [0.29, 0.717) is 12.3 Å². The lowest BCUT2D eigenvalue weighted by Gasteiger charge is -2.42. The number of likely N-dealkylation sites (N-methyl/N-ethyl adjacent to an activating group) is 1. The lowest BCUT2D eigenvalue weighted by Crippen LogP contribution is -2.57. The maximum atomic E-state index is 12.4. The minimum absolute atomic E-state index is 0.106. The Hall–Kier alpha value is -0.570. The summed E-state index contributed by atoms with van der Waals surface area (Å²) in [6.45, 7) is 12.8. The normalized spacial score (nSPS) is 24.1. The van der Waals surface area contributed by atoms with Crippen molar-refractivity contribution in [2.45, 2.75) is 52.5 Å². The zero-order valence-corrected chi connectivity index (χ0v) is 11.8. The summed E-state index contributed by atoms with van der Waals surface area (Å²) in [6, 6.07) is 0. The maximum Gasteiger partial charge on any atom is 0.223 e. The molecule has 0 bridgehead atoms. The van der Waals surface area contributed by atoms with Crippen LogP contribution in [0.3, 0.4) is 0 Å². The zero-order valence-electron chi connectivity index (χ0n) is 11.8. The van der Waals surface area contributed by atoms with Crippen LogP contribution in [0.2, 0.25) is 0 Å². The predicted molar refractivity (Wildman–Crippen MR) is 69.9 cm³/mol. The van der Waals surface area contributed by atoms with Gasteiger partial charge in [-0.05, 0) is 24.8 Å². The van der Waals surface area contributed by atoms with Crippen LogP contribution in [0.25, 0.3) is 0 Å². The molecular formula is C14H26N2O. The van der Waals surface area contributed by atoms with Gasteiger partial charge in [-0.2, -0.15) is 0 Å².